The molecule has 0 atom stereocenters. The van der Waals surface area contributed by atoms with Crippen LogP contribution >= 0.6 is 0 Å². The van der Waals surface area contributed by atoms with Crippen LogP contribution < -0.4 is 5.32 Å². The number of phenolic OH excluding ortho intramolecular Hbond substituents is 1. The quantitative estimate of drug-likeness (QED) is 0.785. The van der Waals surface area contributed by atoms with E-state index in [2.05, 4.69) is 21.3 Å². The van der Waals surface area contributed by atoms with Crippen LogP contribution in [0.5, 0.6) is 5.75 Å². The van der Waals surface area contributed by atoms with Crippen LogP contribution in [0.4, 0.5) is 0 Å². The maximum absolute atomic E-state index is 10.3. The predicted molar refractivity (Wildman–Crippen MR) is 77.7 cm³/mol. The summed E-state index contributed by atoms with van der Waals surface area (Å²) in [5.41, 5.74) is 3.15. The number of H-pyrrole nitrogens is 1. The van der Waals surface area contributed by atoms with Gasteiger partial charge in [-0.1, -0.05) is 6.07 Å². The second-order valence-corrected chi connectivity index (χ2v) is 5.33. The van der Waals surface area contributed by atoms with Gasteiger partial charge in [-0.2, -0.15) is 0 Å². The van der Waals surface area contributed by atoms with E-state index in [0.29, 0.717) is 5.75 Å². The summed E-state index contributed by atoms with van der Waals surface area (Å²) in [5.74, 6) is 0.442. The topological polar surface area (TPSA) is 51.3 Å². The molecular formula is C15H21N3O. The van der Waals surface area contributed by atoms with Gasteiger partial charge in [-0.3, -0.25) is 0 Å². The van der Waals surface area contributed by atoms with Gasteiger partial charge in [0.1, 0.15) is 5.75 Å². The van der Waals surface area contributed by atoms with Gasteiger partial charge in [0.25, 0.3) is 0 Å². The highest BCUT2D eigenvalue weighted by atomic mass is 16.3. The number of hydrogen-bond donors (Lipinski definition) is 3. The van der Waals surface area contributed by atoms with Crippen LogP contribution in [-0.2, 0) is 6.42 Å². The molecule has 0 spiro atoms. The Balaban J connectivity index is 1.75. The number of hydrogen-bond acceptors (Lipinski definition) is 3. The van der Waals surface area contributed by atoms with E-state index >= 15 is 0 Å². The molecule has 0 radical (unpaired) electrons. The number of piperazine rings is 1. The molecule has 1 aromatic heterocycles. The smallest absolute Gasteiger partial charge is 0.128 e. The third-order valence-corrected chi connectivity index (χ3v) is 3.90. The number of nitrogens with zero attached hydrogens (tertiary/aromatic N) is 1. The molecule has 1 fully saturated rings. The van der Waals surface area contributed by atoms with E-state index < -0.39 is 0 Å². The highest BCUT2D eigenvalue weighted by Crippen LogP contribution is 2.29. The zero-order valence-corrected chi connectivity index (χ0v) is 11.4. The van der Waals surface area contributed by atoms with Crippen molar-refractivity contribution < 1.29 is 5.11 Å². The van der Waals surface area contributed by atoms with Gasteiger partial charge in [-0.05, 0) is 31.0 Å². The van der Waals surface area contributed by atoms with Gasteiger partial charge in [0.15, 0.2) is 0 Å². The Kier molecular flexibility index (Phi) is 3.44. The van der Waals surface area contributed by atoms with Crippen LogP contribution in [0.15, 0.2) is 18.2 Å². The van der Waals surface area contributed by atoms with Crippen molar-refractivity contribution >= 4 is 10.9 Å². The van der Waals surface area contributed by atoms with E-state index in [1.807, 2.05) is 19.1 Å². The summed E-state index contributed by atoms with van der Waals surface area (Å²) in [6.45, 7) is 7.38. The lowest BCUT2D eigenvalue weighted by Crippen LogP contribution is -2.44. The first-order valence-electron chi connectivity index (χ1n) is 6.97. The van der Waals surface area contributed by atoms with Gasteiger partial charge >= 0.3 is 0 Å². The molecule has 0 bridgehead atoms. The molecule has 3 rings (SSSR count). The highest BCUT2D eigenvalue weighted by Gasteiger charge is 2.12. The Bertz CT molecular complexity index is 570. The van der Waals surface area contributed by atoms with Crippen LogP contribution in [0, 0.1) is 6.92 Å². The minimum Gasteiger partial charge on any atom is -0.507 e. The molecular weight excluding hydrogens is 238 g/mol. The van der Waals surface area contributed by atoms with Crippen molar-refractivity contribution in [3.63, 3.8) is 0 Å². The molecule has 2 heterocycles. The average molecular weight is 259 g/mol. The number of phenols is 1. The van der Waals surface area contributed by atoms with E-state index in [1.54, 1.807) is 0 Å². The number of nitrogens with one attached hydrogen (secondary N) is 2. The third-order valence-electron chi connectivity index (χ3n) is 3.90. The van der Waals surface area contributed by atoms with Crippen LogP contribution in [-0.4, -0.2) is 47.7 Å². The normalized spacial score (nSPS) is 17.1. The first-order valence-corrected chi connectivity index (χ1v) is 6.97. The van der Waals surface area contributed by atoms with E-state index in [0.717, 1.165) is 61.3 Å². The fourth-order valence-electron chi connectivity index (χ4n) is 2.79. The molecule has 1 saturated heterocycles. The maximum atomic E-state index is 10.3. The monoisotopic (exact) mass is 259 g/mol. The van der Waals surface area contributed by atoms with Gasteiger partial charge in [0.05, 0.1) is 0 Å². The summed E-state index contributed by atoms with van der Waals surface area (Å²) in [7, 11) is 0. The Morgan fingerprint density at radius 3 is 2.84 bits per heavy atom. The first kappa shape index (κ1) is 12.5. The lowest BCUT2D eigenvalue weighted by atomic mass is 10.1. The summed E-state index contributed by atoms with van der Waals surface area (Å²) in [6.07, 6.45) is 0.909. The molecule has 4 heteroatoms. The minimum atomic E-state index is 0.442. The number of aromatic hydroxyl groups is 1. The van der Waals surface area contributed by atoms with Crippen molar-refractivity contribution in [3.8, 4) is 5.75 Å². The van der Waals surface area contributed by atoms with Crippen LogP contribution in [0.2, 0.25) is 0 Å². The van der Waals surface area contributed by atoms with E-state index in [9.17, 15) is 5.11 Å². The molecule has 4 nitrogen and oxygen atoms in total. The summed E-state index contributed by atoms with van der Waals surface area (Å²) in [4.78, 5) is 5.70. The lowest BCUT2D eigenvalue weighted by Gasteiger charge is -2.27. The maximum Gasteiger partial charge on any atom is 0.128 e. The van der Waals surface area contributed by atoms with Crippen molar-refractivity contribution in [3.05, 3.63) is 29.5 Å². The predicted octanol–water partition coefficient (Wildman–Crippen LogP) is 1.63. The van der Waals surface area contributed by atoms with Crippen molar-refractivity contribution in [2.24, 2.45) is 0 Å². The Morgan fingerprint density at radius 2 is 2.05 bits per heavy atom. The fourth-order valence-corrected chi connectivity index (χ4v) is 2.79. The summed E-state index contributed by atoms with van der Waals surface area (Å²) >= 11 is 0. The Morgan fingerprint density at radius 1 is 1.26 bits per heavy atom. The summed E-state index contributed by atoms with van der Waals surface area (Å²) in [5, 5.41) is 14.6. The number of fused-ring (bicyclic) bond motifs is 1. The van der Waals surface area contributed by atoms with Gasteiger partial charge in [0.2, 0.25) is 0 Å². The minimum absolute atomic E-state index is 0.442. The van der Waals surface area contributed by atoms with Gasteiger partial charge in [-0.25, -0.2) is 0 Å². The number of aromatic amines is 1. The number of benzene rings is 1. The molecule has 19 heavy (non-hydrogen) atoms. The SMILES string of the molecule is Cc1cc2c(O)c(CCN3CCNCC3)ccc2[nH]1. The Hall–Kier alpha value is -1.52. The van der Waals surface area contributed by atoms with Gasteiger partial charge in [0, 0.05) is 49.3 Å². The third kappa shape index (κ3) is 2.60. The second kappa shape index (κ2) is 5.23. The largest absolute Gasteiger partial charge is 0.507 e. The molecule has 1 aliphatic rings. The zero-order chi connectivity index (χ0) is 13.2. The van der Waals surface area contributed by atoms with Crippen LogP contribution in [0.3, 0.4) is 0 Å². The van der Waals surface area contributed by atoms with Gasteiger partial charge in [-0.15, -0.1) is 0 Å². The standard InChI is InChI=1S/C15H21N3O/c1-11-10-13-14(17-11)3-2-12(15(13)19)4-7-18-8-5-16-6-9-18/h2-3,10,16-17,19H,4-9H2,1H3. The molecule has 1 aromatic carbocycles. The molecule has 2 aromatic rings. The molecule has 0 saturated carbocycles. The zero-order valence-electron chi connectivity index (χ0n) is 11.4. The number of aryl methyl sites for hydroxylation is 1. The molecule has 0 unspecified atom stereocenters. The molecule has 1 aliphatic heterocycles. The van der Waals surface area contributed by atoms with Crippen LogP contribution in [0.1, 0.15) is 11.3 Å². The highest BCUT2D eigenvalue weighted by molar-refractivity contribution is 5.87. The fraction of sp³-hybridized carbons (Fsp3) is 0.467. The van der Waals surface area contributed by atoms with Crippen molar-refractivity contribution in [2.75, 3.05) is 32.7 Å². The van der Waals surface area contributed by atoms with E-state index in [4.69, 9.17) is 0 Å². The van der Waals surface area contributed by atoms with Gasteiger partial charge < -0.3 is 20.3 Å². The molecule has 102 valence electrons. The lowest BCUT2D eigenvalue weighted by molar-refractivity contribution is 0.243. The number of rotatable bonds is 3. The average Bonchev–Trinajstić information content (AvgIpc) is 2.81. The van der Waals surface area contributed by atoms with Crippen molar-refractivity contribution in [1.82, 2.24) is 15.2 Å². The van der Waals surface area contributed by atoms with Crippen LogP contribution in [0.25, 0.3) is 10.9 Å². The summed E-state index contributed by atoms with van der Waals surface area (Å²) < 4.78 is 0. The van der Waals surface area contributed by atoms with Crippen molar-refractivity contribution in [1.29, 1.82) is 0 Å². The molecule has 3 N–H and O–H groups in total. The first-order chi connectivity index (χ1) is 9.24. The molecule has 0 amide bonds. The number of aromatic nitrogens is 1. The van der Waals surface area contributed by atoms with E-state index in [-0.39, 0.29) is 0 Å². The Labute approximate surface area is 113 Å². The van der Waals surface area contributed by atoms with E-state index in [1.165, 1.54) is 0 Å². The van der Waals surface area contributed by atoms with Crippen molar-refractivity contribution in [2.45, 2.75) is 13.3 Å². The summed E-state index contributed by atoms with van der Waals surface area (Å²) in [6, 6.07) is 6.12. The second-order valence-electron chi connectivity index (χ2n) is 5.33. The molecule has 0 aliphatic carbocycles.